The quantitative estimate of drug-likeness (QED) is 0.742. The average molecular weight is 211 g/mol. The van der Waals surface area contributed by atoms with Gasteiger partial charge in [0.15, 0.2) is 0 Å². The lowest BCUT2D eigenvalue weighted by Gasteiger charge is -2.14. The molecule has 1 saturated heterocycles. The number of aliphatic hydroxyl groups excluding tert-OH is 2. The third-order valence-electron chi connectivity index (χ3n) is 2.69. The van der Waals surface area contributed by atoms with E-state index < -0.39 is 12.2 Å². The van der Waals surface area contributed by atoms with E-state index in [1.807, 2.05) is 4.90 Å². The molecule has 4 heteroatoms. The van der Waals surface area contributed by atoms with Gasteiger partial charge in [-0.05, 0) is 6.07 Å². The van der Waals surface area contributed by atoms with Crippen molar-refractivity contribution in [3.63, 3.8) is 0 Å². The second-order valence-electron chi connectivity index (χ2n) is 3.92. The van der Waals surface area contributed by atoms with Crippen LogP contribution in [0.5, 0.6) is 0 Å². The molecular formula is C11H14FNO2. The zero-order chi connectivity index (χ0) is 10.8. The van der Waals surface area contributed by atoms with E-state index >= 15 is 0 Å². The first kappa shape index (κ1) is 10.5. The Morgan fingerprint density at radius 3 is 2.40 bits per heavy atom. The second-order valence-corrected chi connectivity index (χ2v) is 3.92. The molecule has 0 spiro atoms. The third-order valence-corrected chi connectivity index (χ3v) is 2.69. The van der Waals surface area contributed by atoms with Gasteiger partial charge in [-0.3, -0.25) is 4.90 Å². The Hall–Kier alpha value is -0.970. The van der Waals surface area contributed by atoms with Crippen molar-refractivity contribution in [1.82, 2.24) is 4.90 Å². The molecule has 1 aromatic rings. The van der Waals surface area contributed by atoms with Gasteiger partial charge in [-0.25, -0.2) is 4.39 Å². The number of β-amino-alcohol motifs (C(OH)–C–C–N with tert-alkyl or cyclic N) is 2. The molecule has 1 aliphatic rings. The number of rotatable bonds is 2. The molecule has 1 aromatic carbocycles. The zero-order valence-corrected chi connectivity index (χ0v) is 8.31. The van der Waals surface area contributed by atoms with Gasteiger partial charge in [0.25, 0.3) is 0 Å². The molecule has 1 heterocycles. The third kappa shape index (κ3) is 2.34. The number of nitrogens with zero attached hydrogens (tertiary/aromatic N) is 1. The topological polar surface area (TPSA) is 43.7 Å². The lowest BCUT2D eigenvalue weighted by atomic mass is 10.2. The SMILES string of the molecule is OC1CN(Cc2ccccc2F)CC1O. The lowest BCUT2D eigenvalue weighted by Crippen LogP contribution is -2.22. The molecule has 3 nitrogen and oxygen atoms in total. The minimum atomic E-state index is -0.711. The number of halogens is 1. The summed E-state index contributed by atoms with van der Waals surface area (Å²) in [5, 5.41) is 18.7. The maximum atomic E-state index is 13.3. The largest absolute Gasteiger partial charge is 0.389 e. The van der Waals surface area contributed by atoms with Crippen LogP contribution in [0.4, 0.5) is 4.39 Å². The van der Waals surface area contributed by atoms with Crippen molar-refractivity contribution in [2.45, 2.75) is 18.8 Å². The summed E-state index contributed by atoms with van der Waals surface area (Å²) < 4.78 is 13.3. The van der Waals surface area contributed by atoms with Crippen molar-refractivity contribution in [3.8, 4) is 0 Å². The van der Waals surface area contributed by atoms with E-state index in [0.29, 0.717) is 25.2 Å². The van der Waals surface area contributed by atoms with Crippen LogP contribution in [0.3, 0.4) is 0 Å². The monoisotopic (exact) mass is 211 g/mol. The maximum Gasteiger partial charge on any atom is 0.127 e. The summed E-state index contributed by atoms with van der Waals surface area (Å²) in [5.41, 5.74) is 0.596. The van der Waals surface area contributed by atoms with Crippen LogP contribution in [0.15, 0.2) is 24.3 Å². The van der Waals surface area contributed by atoms with Crippen LogP contribution in [-0.2, 0) is 6.54 Å². The molecule has 2 rings (SSSR count). The Morgan fingerprint density at radius 1 is 1.20 bits per heavy atom. The molecule has 2 unspecified atom stereocenters. The summed E-state index contributed by atoms with van der Waals surface area (Å²) in [5.74, 6) is -0.242. The predicted molar refractivity (Wildman–Crippen MR) is 53.7 cm³/mol. The van der Waals surface area contributed by atoms with Gasteiger partial charge in [-0.1, -0.05) is 18.2 Å². The Balaban J connectivity index is 2.01. The predicted octanol–water partition coefficient (Wildman–Crippen LogP) is 0.363. The molecule has 0 aliphatic carbocycles. The van der Waals surface area contributed by atoms with E-state index in [9.17, 15) is 14.6 Å². The fourth-order valence-corrected chi connectivity index (χ4v) is 1.84. The van der Waals surface area contributed by atoms with Crippen molar-refractivity contribution in [3.05, 3.63) is 35.6 Å². The first-order valence-corrected chi connectivity index (χ1v) is 4.98. The van der Waals surface area contributed by atoms with Gasteiger partial charge in [-0.2, -0.15) is 0 Å². The highest BCUT2D eigenvalue weighted by atomic mass is 19.1. The van der Waals surface area contributed by atoms with E-state index in [0.717, 1.165) is 0 Å². The zero-order valence-electron chi connectivity index (χ0n) is 8.31. The minimum absolute atomic E-state index is 0.242. The van der Waals surface area contributed by atoms with E-state index in [-0.39, 0.29) is 5.82 Å². The van der Waals surface area contributed by atoms with Crippen molar-refractivity contribution < 1.29 is 14.6 Å². The van der Waals surface area contributed by atoms with E-state index in [2.05, 4.69) is 0 Å². The van der Waals surface area contributed by atoms with Gasteiger partial charge < -0.3 is 10.2 Å². The first-order valence-electron chi connectivity index (χ1n) is 4.98. The molecule has 0 aromatic heterocycles. The normalized spacial score (nSPS) is 27.1. The molecule has 1 aliphatic heterocycles. The number of aliphatic hydroxyl groups is 2. The highest BCUT2D eigenvalue weighted by Gasteiger charge is 2.29. The number of likely N-dealkylation sites (tertiary alicyclic amines) is 1. The summed E-state index contributed by atoms with van der Waals surface area (Å²) in [6, 6.07) is 6.55. The molecule has 0 saturated carbocycles. The van der Waals surface area contributed by atoms with Gasteiger partial charge in [0.05, 0.1) is 12.2 Å². The fraction of sp³-hybridized carbons (Fsp3) is 0.455. The Bertz CT molecular complexity index is 335. The summed E-state index contributed by atoms with van der Waals surface area (Å²) in [6.07, 6.45) is -1.42. The molecular weight excluding hydrogens is 197 g/mol. The first-order chi connectivity index (χ1) is 7.16. The van der Waals surface area contributed by atoms with Crippen LogP contribution in [0.2, 0.25) is 0 Å². The smallest absolute Gasteiger partial charge is 0.127 e. The van der Waals surface area contributed by atoms with Gasteiger partial charge in [-0.15, -0.1) is 0 Å². The van der Waals surface area contributed by atoms with Crippen LogP contribution in [0.25, 0.3) is 0 Å². The summed E-state index contributed by atoms with van der Waals surface area (Å²) >= 11 is 0. The number of hydrogen-bond acceptors (Lipinski definition) is 3. The maximum absolute atomic E-state index is 13.3. The van der Waals surface area contributed by atoms with Crippen molar-refractivity contribution in [1.29, 1.82) is 0 Å². The molecule has 15 heavy (non-hydrogen) atoms. The summed E-state index contributed by atoms with van der Waals surface area (Å²) in [7, 11) is 0. The van der Waals surface area contributed by atoms with Crippen LogP contribution in [-0.4, -0.2) is 40.4 Å². The second kappa shape index (κ2) is 4.26. The fourth-order valence-electron chi connectivity index (χ4n) is 1.84. The van der Waals surface area contributed by atoms with Crippen LogP contribution in [0, 0.1) is 5.82 Å². The minimum Gasteiger partial charge on any atom is -0.389 e. The van der Waals surface area contributed by atoms with Gasteiger partial charge >= 0.3 is 0 Å². The molecule has 0 radical (unpaired) electrons. The van der Waals surface area contributed by atoms with Crippen molar-refractivity contribution in [2.24, 2.45) is 0 Å². The Kier molecular flexibility index (Phi) is 3.00. The van der Waals surface area contributed by atoms with E-state index in [1.54, 1.807) is 18.2 Å². The van der Waals surface area contributed by atoms with Crippen molar-refractivity contribution in [2.75, 3.05) is 13.1 Å². The molecule has 0 bridgehead atoms. The Morgan fingerprint density at radius 2 is 1.80 bits per heavy atom. The lowest BCUT2D eigenvalue weighted by molar-refractivity contribution is 0.0572. The van der Waals surface area contributed by atoms with E-state index in [1.165, 1.54) is 6.07 Å². The highest BCUT2D eigenvalue weighted by Crippen LogP contribution is 2.15. The van der Waals surface area contributed by atoms with Gasteiger partial charge in [0.1, 0.15) is 5.82 Å². The van der Waals surface area contributed by atoms with Crippen molar-refractivity contribution >= 4 is 0 Å². The number of benzene rings is 1. The molecule has 2 N–H and O–H groups in total. The average Bonchev–Trinajstić information content (AvgIpc) is 2.50. The summed E-state index contributed by atoms with van der Waals surface area (Å²) in [4.78, 5) is 1.84. The molecule has 1 fully saturated rings. The summed E-state index contributed by atoms with van der Waals surface area (Å²) in [6.45, 7) is 1.23. The van der Waals surface area contributed by atoms with Gasteiger partial charge in [0, 0.05) is 25.2 Å². The van der Waals surface area contributed by atoms with Crippen LogP contribution in [0.1, 0.15) is 5.56 Å². The van der Waals surface area contributed by atoms with Crippen LogP contribution < -0.4 is 0 Å². The molecule has 82 valence electrons. The molecule has 2 atom stereocenters. The Labute approximate surface area is 87.8 Å². The highest BCUT2D eigenvalue weighted by molar-refractivity contribution is 5.17. The van der Waals surface area contributed by atoms with Crippen LogP contribution >= 0.6 is 0 Å². The van der Waals surface area contributed by atoms with E-state index in [4.69, 9.17) is 0 Å². The standard InChI is InChI=1S/C11H14FNO2/c12-9-4-2-1-3-8(9)5-13-6-10(14)11(15)7-13/h1-4,10-11,14-15H,5-7H2. The molecule has 0 amide bonds. The number of hydrogen-bond donors (Lipinski definition) is 2. The van der Waals surface area contributed by atoms with Gasteiger partial charge in [0.2, 0.25) is 0 Å².